The summed E-state index contributed by atoms with van der Waals surface area (Å²) in [6.45, 7) is 2.86. The van der Waals surface area contributed by atoms with Crippen LogP contribution in [-0.4, -0.2) is 108 Å². The number of carboxylic acids is 1. The number of aliphatic hydroxyl groups is 1. The third-order valence-electron chi connectivity index (χ3n) is 8.86. The molecule has 2 aromatic carbocycles. The molecule has 2 aliphatic heterocycles. The molecule has 52 heavy (non-hydrogen) atoms. The molecule has 2 aromatic rings. The fraction of sp³-hybridized carbons (Fsp3) is 0.455. The Morgan fingerprint density at radius 2 is 1.40 bits per heavy atom. The Morgan fingerprint density at radius 1 is 0.808 bits per heavy atom. The first-order valence-electron chi connectivity index (χ1n) is 17.0. The van der Waals surface area contributed by atoms with Crippen molar-refractivity contribution in [3.8, 4) is 0 Å². The maximum absolute atomic E-state index is 13.3. The van der Waals surface area contributed by atoms with Crippen molar-refractivity contribution >= 4 is 60.7 Å². The molecule has 17 nitrogen and oxygen atoms in total. The molecule has 0 radical (unpaired) electrons. The monoisotopic (exact) mass is 723 g/mol. The first-order chi connectivity index (χ1) is 24.8. The number of nitrogens with one attached hydrogen (secondary N) is 5. The lowest BCUT2D eigenvalue weighted by molar-refractivity contribution is -0.145. The zero-order valence-electron chi connectivity index (χ0n) is 28.8. The summed E-state index contributed by atoms with van der Waals surface area (Å²) in [7, 11) is -2.37. The quantitative estimate of drug-likeness (QED) is 0.0552. The molecule has 0 saturated carbocycles. The number of amides is 5. The lowest BCUT2D eigenvalue weighted by Crippen LogP contribution is -2.54. The van der Waals surface area contributed by atoms with Gasteiger partial charge in [-0.2, -0.15) is 0 Å². The summed E-state index contributed by atoms with van der Waals surface area (Å²) in [5.41, 5.74) is 2.62. The highest BCUT2D eigenvalue weighted by Gasteiger charge is 2.31. The standard InChI is InChI=1S/C33H43B2N5O12/c1-3-19(30(44)40-28(18(2)41)33(47)48)6-4-5-11-36-27(42)15-38-32(46)26(39-31(45)21-8-10-23-17-52-35(50)25(23)13-21)14-37-29(43)20-7-9-22-16-51-34(49)24(22)12-20/h7-10,12-13,18-19,26,28,41,49-50H,3-6,11,14-17H2,1-2H3,(H,36,42)(H,37,43)(H,38,46)(H,39,45)(H,40,44)(H,47,48)/t18-,19+,26-,28+/m1/s1. The fourth-order valence-corrected chi connectivity index (χ4v) is 5.74. The summed E-state index contributed by atoms with van der Waals surface area (Å²) >= 11 is 0. The van der Waals surface area contributed by atoms with Crippen LogP contribution < -0.4 is 37.5 Å². The van der Waals surface area contributed by atoms with E-state index in [0.29, 0.717) is 42.2 Å². The summed E-state index contributed by atoms with van der Waals surface area (Å²) in [4.78, 5) is 75.8. The fourth-order valence-electron chi connectivity index (χ4n) is 5.74. The highest BCUT2D eigenvalue weighted by atomic mass is 16.5. The summed E-state index contributed by atoms with van der Waals surface area (Å²) in [5, 5.41) is 51.5. The van der Waals surface area contributed by atoms with Crippen molar-refractivity contribution in [2.24, 2.45) is 5.92 Å². The molecule has 0 aromatic heterocycles. The van der Waals surface area contributed by atoms with Crippen LogP contribution in [0.5, 0.6) is 0 Å². The molecular weight excluding hydrogens is 680 g/mol. The van der Waals surface area contributed by atoms with Gasteiger partial charge >= 0.3 is 20.2 Å². The summed E-state index contributed by atoms with van der Waals surface area (Å²) in [6.07, 6.45) is 0.615. The van der Waals surface area contributed by atoms with Crippen molar-refractivity contribution in [3.05, 3.63) is 58.7 Å². The zero-order chi connectivity index (χ0) is 37.9. The van der Waals surface area contributed by atoms with Crippen molar-refractivity contribution in [3.63, 3.8) is 0 Å². The highest BCUT2D eigenvalue weighted by Crippen LogP contribution is 2.15. The van der Waals surface area contributed by atoms with Gasteiger partial charge in [0.1, 0.15) is 6.04 Å². The number of carbonyl (C=O) groups excluding carboxylic acids is 5. The lowest BCUT2D eigenvalue weighted by atomic mass is 9.78. The number of unbranched alkanes of at least 4 members (excludes halogenated alkanes) is 1. The van der Waals surface area contributed by atoms with E-state index in [1.54, 1.807) is 19.1 Å². The van der Waals surface area contributed by atoms with E-state index < -0.39 is 80.4 Å². The minimum atomic E-state index is -1.42. The van der Waals surface area contributed by atoms with Gasteiger partial charge in [-0.1, -0.05) is 25.5 Å². The van der Waals surface area contributed by atoms with Crippen molar-refractivity contribution in [2.75, 3.05) is 19.6 Å². The molecule has 19 heteroatoms. The molecule has 2 aliphatic rings. The van der Waals surface area contributed by atoms with E-state index in [9.17, 15) is 49.0 Å². The molecule has 2 heterocycles. The molecule has 0 spiro atoms. The number of carboxylic acid groups (broad SMARTS) is 1. The first kappa shape index (κ1) is 40.0. The molecule has 0 bridgehead atoms. The van der Waals surface area contributed by atoms with Crippen LogP contribution in [0, 0.1) is 5.92 Å². The molecule has 0 saturated heterocycles. The van der Waals surface area contributed by atoms with Crippen LogP contribution in [0.4, 0.5) is 0 Å². The SMILES string of the molecule is CC[C@@H](CCCCNC(=O)CNC(=O)[C@@H](CNC(=O)c1ccc2c(c1)B(O)OC2)NC(=O)c1ccc2c(c1)B(O)OC2)C(=O)N[C@H](C(=O)O)[C@@H](C)O. The second-order valence-electron chi connectivity index (χ2n) is 12.6. The Balaban J connectivity index is 1.29. The summed E-state index contributed by atoms with van der Waals surface area (Å²) in [6, 6.07) is 6.48. The van der Waals surface area contributed by atoms with E-state index in [1.807, 2.05) is 0 Å². The van der Waals surface area contributed by atoms with Gasteiger partial charge in [-0.25, -0.2) is 4.79 Å². The molecule has 4 rings (SSSR count). The number of benzene rings is 2. The second kappa shape index (κ2) is 18.6. The molecular formula is C33H43B2N5O12. The van der Waals surface area contributed by atoms with Crippen LogP contribution in [0.25, 0.3) is 0 Å². The summed E-state index contributed by atoms with van der Waals surface area (Å²) < 4.78 is 10.3. The number of fused-ring (bicyclic) bond motifs is 2. The molecule has 278 valence electrons. The van der Waals surface area contributed by atoms with Gasteiger partial charge < -0.3 is 56.2 Å². The van der Waals surface area contributed by atoms with E-state index in [-0.39, 0.29) is 37.4 Å². The number of aliphatic carboxylic acids is 1. The van der Waals surface area contributed by atoms with Crippen LogP contribution in [0.3, 0.4) is 0 Å². The average Bonchev–Trinajstić information content (AvgIpc) is 3.69. The zero-order valence-corrected chi connectivity index (χ0v) is 28.8. The van der Waals surface area contributed by atoms with Crippen LogP contribution in [0.2, 0.25) is 0 Å². The van der Waals surface area contributed by atoms with Crippen molar-refractivity contribution < 1.29 is 58.3 Å². The lowest BCUT2D eigenvalue weighted by Gasteiger charge is -2.21. The predicted molar refractivity (Wildman–Crippen MR) is 186 cm³/mol. The smallest absolute Gasteiger partial charge is 0.480 e. The normalized spacial score (nSPS) is 15.4. The number of aliphatic hydroxyl groups excluding tert-OH is 1. The second-order valence-corrected chi connectivity index (χ2v) is 12.6. The average molecular weight is 723 g/mol. The van der Waals surface area contributed by atoms with Gasteiger partial charge in [-0.05, 0) is 72.5 Å². The molecule has 5 amide bonds. The Hall–Kier alpha value is -4.81. The van der Waals surface area contributed by atoms with Crippen LogP contribution in [-0.2, 0) is 41.7 Å². The predicted octanol–water partition coefficient (Wildman–Crippen LogP) is -2.97. The van der Waals surface area contributed by atoms with Gasteiger partial charge in [0.15, 0.2) is 6.04 Å². The number of hydrogen-bond acceptors (Lipinski definition) is 11. The van der Waals surface area contributed by atoms with E-state index >= 15 is 0 Å². The third kappa shape index (κ3) is 10.6. The molecule has 9 N–H and O–H groups in total. The van der Waals surface area contributed by atoms with E-state index in [2.05, 4.69) is 26.6 Å². The van der Waals surface area contributed by atoms with Gasteiger partial charge in [0, 0.05) is 30.1 Å². The maximum atomic E-state index is 13.3. The van der Waals surface area contributed by atoms with Crippen LogP contribution >= 0.6 is 0 Å². The number of hydrogen-bond donors (Lipinski definition) is 9. The van der Waals surface area contributed by atoms with Crippen LogP contribution in [0.1, 0.15) is 71.4 Å². The number of rotatable bonds is 18. The largest absolute Gasteiger partial charge is 0.491 e. The molecule has 0 fully saturated rings. The van der Waals surface area contributed by atoms with E-state index in [1.165, 1.54) is 31.2 Å². The Labute approximate surface area is 300 Å². The van der Waals surface area contributed by atoms with Crippen LogP contribution in [0.15, 0.2) is 36.4 Å². The third-order valence-corrected chi connectivity index (χ3v) is 8.86. The summed E-state index contributed by atoms with van der Waals surface area (Å²) in [5.74, 6) is -4.86. The minimum Gasteiger partial charge on any atom is -0.480 e. The van der Waals surface area contributed by atoms with Gasteiger partial charge in [0.05, 0.1) is 25.9 Å². The van der Waals surface area contributed by atoms with Crippen molar-refractivity contribution in [1.82, 2.24) is 26.6 Å². The van der Waals surface area contributed by atoms with Crippen molar-refractivity contribution in [2.45, 2.75) is 70.9 Å². The molecule has 4 atom stereocenters. The highest BCUT2D eigenvalue weighted by molar-refractivity contribution is 6.62. The van der Waals surface area contributed by atoms with E-state index in [0.717, 1.165) is 5.56 Å². The van der Waals surface area contributed by atoms with E-state index in [4.69, 9.17) is 9.31 Å². The molecule has 0 unspecified atom stereocenters. The van der Waals surface area contributed by atoms with Gasteiger partial charge in [-0.15, -0.1) is 0 Å². The Bertz CT molecular complexity index is 1660. The van der Waals surface area contributed by atoms with Gasteiger partial charge in [0.2, 0.25) is 17.7 Å². The Kier molecular flexibility index (Phi) is 14.3. The maximum Gasteiger partial charge on any atom is 0.491 e. The molecule has 0 aliphatic carbocycles. The topological polar surface area (TPSA) is 262 Å². The van der Waals surface area contributed by atoms with Crippen molar-refractivity contribution in [1.29, 1.82) is 0 Å². The van der Waals surface area contributed by atoms with Gasteiger partial charge in [0.25, 0.3) is 11.8 Å². The first-order valence-corrected chi connectivity index (χ1v) is 17.0. The minimum absolute atomic E-state index is 0.130. The Morgan fingerprint density at radius 3 is 1.96 bits per heavy atom. The number of carbonyl (C=O) groups is 6. The van der Waals surface area contributed by atoms with Gasteiger partial charge in [-0.3, -0.25) is 24.0 Å².